The van der Waals surface area contributed by atoms with E-state index in [2.05, 4.69) is 21.4 Å². The summed E-state index contributed by atoms with van der Waals surface area (Å²) in [5.74, 6) is 0. The number of thiophene rings is 1. The van der Waals surface area contributed by atoms with Crippen molar-refractivity contribution in [2.24, 2.45) is 0 Å². The van der Waals surface area contributed by atoms with E-state index in [1.807, 2.05) is 17.5 Å². The van der Waals surface area contributed by atoms with E-state index in [1.54, 1.807) is 18.4 Å². The van der Waals surface area contributed by atoms with Crippen molar-refractivity contribution < 1.29 is 13.2 Å². The first-order valence-corrected chi connectivity index (χ1v) is 6.66. The smallest absolute Gasteiger partial charge is 0.317 e. The normalized spacial score (nSPS) is 9.92. The molecule has 0 aliphatic carbocycles. The van der Waals surface area contributed by atoms with Gasteiger partial charge in [0.25, 0.3) is 0 Å². The third kappa shape index (κ3) is 10.0. The molecule has 0 saturated carbocycles. The summed E-state index contributed by atoms with van der Waals surface area (Å²) < 4.78 is 23.2. The van der Waals surface area contributed by atoms with Crippen LogP contribution in [0.15, 0.2) is 17.5 Å². The number of halogens is 2. The summed E-state index contributed by atoms with van der Waals surface area (Å²) in [6.07, 6.45) is 0. The van der Waals surface area contributed by atoms with E-state index in [9.17, 15) is 0 Å². The Bertz CT molecular complexity index is 285. The maximum atomic E-state index is 9.16. The lowest BCUT2D eigenvalue weighted by Crippen LogP contribution is -1.72. The average molecular weight is 249 g/mol. The van der Waals surface area contributed by atoms with Gasteiger partial charge in [0.1, 0.15) is 0 Å². The van der Waals surface area contributed by atoms with Gasteiger partial charge in [0, 0.05) is 21.4 Å². The fraction of sp³-hybridized carbons (Fsp3) is 0.200. The van der Waals surface area contributed by atoms with E-state index in [0.29, 0.717) is 0 Å². The monoisotopic (exact) mass is 248 g/mol. The molecule has 0 aliphatic heterocycles. The molecule has 0 aromatic carbocycles. The summed E-state index contributed by atoms with van der Waals surface area (Å²) >= 11 is 1.60. The van der Waals surface area contributed by atoms with Gasteiger partial charge in [-0.1, -0.05) is 0 Å². The highest BCUT2D eigenvalue weighted by atomic mass is 36.0. The van der Waals surface area contributed by atoms with Gasteiger partial charge in [-0.15, -0.1) is 11.3 Å². The van der Waals surface area contributed by atoms with Crippen LogP contribution < -0.4 is 4.74 Å². The highest BCUT2D eigenvalue weighted by Gasteiger charge is 1.88. The molecular weight excluding hydrogens is 243 g/mol. The molecule has 0 spiro atoms. The third-order valence-electron chi connectivity index (χ3n) is 0.696. The van der Waals surface area contributed by atoms with Crippen LogP contribution in [0.25, 0.3) is 0 Å². The van der Waals surface area contributed by atoms with Gasteiger partial charge in [0.05, 0.1) is 7.11 Å². The lowest BCUT2D eigenvalue weighted by atomic mass is 10.7. The van der Waals surface area contributed by atoms with Crippen LogP contribution in [0.2, 0.25) is 0 Å². The molecule has 0 amide bonds. The van der Waals surface area contributed by atoms with Gasteiger partial charge in [-0.25, -0.2) is 0 Å². The lowest BCUT2D eigenvalue weighted by molar-refractivity contribution is 0.427. The molecule has 1 heterocycles. The van der Waals surface area contributed by atoms with Crippen LogP contribution in [0.1, 0.15) is 0 Å². The highest BCUT2D eigenvalue weighted by Crippen LogP contribution is 2.16. The molecule has 3 nitrogen and oxygen atoms in total. The lowest BCUT2D eigenvalue weighted by Gasteiger charge is -1.86. The SMILES string of the molecule is COc1cccs1.O=S(=O)(Cl)Cl. The van der Waals surface area contributed by atoms with Crippen LogP contribution in [-0.2, 0) is 8.26 Å². The molecule has 0 unspecified atom stereocenters. The molecule has 7 heteroatoms. The van der Waals surface area contributed by atoms with Gasteiger partial charge in [0.2, 0.25) is 0 Å². The highest BCUT2D eigenvalue weighted by molar-refractivity contribution is 8.31. The minimum atomic E-state index is -3.72. The quantitative estimate of drug-likeness (QED) is 0.718. The maximum absolute atomic E-state index is 9.16. The van der Waals surface area contributed by atoms with E-state index in [4.69, 9.17) is 13.2 Å². The van der Waals surface area contributed by atoms with Crippen LogP contribution >= 0.6 is 32.7 Å². The minimum absolute atomic E-state index is 0.972. The fourth-order valence-corrected chi connectivity index (χ4v) is 0.924. The summed E-state index contributed by atoms with van der Waals surface area (Å²) in [6.45, 7) is 0. The number of rotatable bonds is 1. The molecule has 1 rings (SSSR count). The summed E-state index contributed by atoms with van der Waals surface area (Å²) in [4.78, 5) is 0. The summed E-state index contributed by atoms with van der Waals surface area (Å²) in [5, 5.41) is 2.96. The average Bonchev–Trinajstić information content (AvgIpc) is 2.33. The van der Waals surface area contributed by atoms with E-state index < -0.39 is 8.26 Å². The van der Waals surface area contributed by atoms with Gasteiger partial charge < -0.3 is 4.74 Å². The second-order valence-electron chi connectivity index (χ2n) is 1.51. The van der Waals surface area contributed by atoms with E-state index in [1.165, 1.54) is 0 Å². The number of ether oxygens (including phenoxy) is 1. The standard InChI is InChI=1S/C5H6OS.Cl2O2S/c1-6-5-3-2-4-7-5;1-5(2,3)4/h2-4H,1H3;. The molecule has 0 bridgehead atoms. The first kappa shape index (κ1) is 12.0. The molecule has 70 valence electrons. The van der Waals surface area contributed by atoms with Gasteiger partial charge in [-0.3, -0.25) is 0 Å². The number of methoxy groups -OCH3 is 1. The van der Waals surface area contributed by atoms with Crippen molar-refractivity contribution in [3.63, 3.8) is 0 Å². The van der Waals surface area contributed by atoms with E-state index in [0.717, 1.165) is 5.06 Å². The van der Waals surface area contributed by atoms with Crippen LogP contribution in [0.5, 0.6) is 5.06 Å². The Morgan fingerprint density at radius 1 is 1.50 bits per heavy atom. The zero-order chi connectivity index (χ0) is 9.61. The maximum Gasteiger partial charge on any atom is 0.317 e. The molecular formula is C5H6Cl2O3S2. The zero-order valence-corrected chi connectivity index (χ0v) is 9.17. The summed E-state index contributed by atoms with van der Waals surface area (Å²) in [5.41, 5.74) is 0. The van der Waals surface area contributed by atoms with Crippen molar-refractivity contribution in [3.8, 4) is 5.06 Å². The van der Waals surface area contributed by atoms with Crippen LogP contribution in [0, 0.1) is 0 Å². The molecule has 0 atom stereocenters. The second-order valence-corrected chi connectivity index (χ2v) is 6.09. The molecule has 0 radical (unpaired) electrons. The first-order valence-electron chi connectivity index (χ1n) is 2.65. The van der Waals surface area contributed by atoms with Crippen LogP contribution in [0.3, 0.4) is 0 Å². The Hall–Kier alpha value is 0.0300. The molecule has 1 aromatic heterocycles. The number of hydrogen-bond acceptors (Lipinski definition) is 4. The predicted octanol–water partition coefficient (Wildman–Crippen LogP) is 2.47. The summed E-state index contributed by atoms with van der Waals surface area (Å²) in [7, 11) is 6.49. The molecule has 0 aliphatic rings. The molecule has 0 fully saturated rings. The van der Waals surface area contributed by atoms with Crippen molar-refractivity contribution in [2.45, 2.75) is 0 Å². The Balaban J connectivity index is 0.000000217. The Labute approximate surface area is 83.8 Å². The second kappa shape index (κ2) is 5.64. The van der Waals surface area contributed by atoms with Gasteiger partial charge in [-0.05, 0) is 17.5 Å². The molecule has 0 saturated heterocycles. The van der Waals surface area contributed by atoms with E-state index >= 15 is 0 Å². The zero-order valence-electron chi connectivity index (χ0n) is 6.03. The van der Waals surface area contributed by atoms with Crippen molar-refractivity contribution in [1.29, 1.82) is 0 Å². The van der Waals surface area contributed by atoms with Crippen molar-refractivity contribution in [2.75, 3.05) is 7.11 Å². The van der Waals surface area contributed by atoms with Crippen LogP contribution in [0.4, 0.5) is 0 Å². The van der Waals surface area contributed by atoms with Crippen molar-refractivity contribution in [1.82, 2.24) is 0 Å². The third-order valence-corrected chi connectivity index (χ3v) is 1.52. The Kier molecular flexibility index (Phi) is 5.65. The molecule has 0 N–H and O–H groups in total. The van der Waals surface area contributed by atoms with Crippen molar-refractivity contribution in [3.05, 3.63) is 17.5 Å². The van der Waals surface area contributed by atoms with Gasteiger partial charge in [0.15, 0.2) is 5.06 Å². The Morgan fingerprint density at radius 2 is 2.00 bits per heavy atom. The van der Waals surface area contributed by atoms with Crippen molar-refractivity contribution >= 4 is 41.0 Å². The van der Waals surface area contributed by atoms with Gasteiger partial charge in [-0.2, -0.15) is 8.42 Å². The largest absolute Gasteiger partial charge is 0.487 e. The minimum Gasteiger partial charge on any atom is -0.487 e. The van der Waals surface area contributed by atoms with E-state index in [-0.39, 0.29) is 0 Å². The van der Waals surface area contributed by atoms with Gasteiger partial charge >= 0.3 is 8.26 Å². The molecule has 1 aromatic rings. The first-order chi connectivity index (χ1) is 5.43. The van der Waals surface area contributed by atoms with Crippen LogP contribution in [-0.4, -0.2) is 15.5 Å². The molecule has 12 heavy (non-hydrogen) atoms. The fourth-order valence-electron chi connectivity index (χ4n) is 0.380. The summed E-state index contributed by atoms with van der Waals surface area (Å²) in [6, 6.07) is 3.90. The topological polar surface area (TPSA) is 43.4 Å². The Morgan fingerprint density at radius 3 is 2.17 bits per heavy atom. The number of hydrogen-bond donors (Lipinski definition) is 0. The predicted molar refractivity (Wildman–Crippen MR) is 51.5 cm³/mol.